The predicted molar refractivity (Wildman–Crippen MR) is 223 cm³/mol. The molecule has 4 aliphatic rings. The molecule has 0 spiro atoms. The molecular formula is C43H53F2N9O7. The van der Waals surface area contributed by atoms with Gasteiger partial charge >= 0.3 is 0 Å². The first kappa shape index (κ1) is 43.2. The van der Waals surface area contributed by atoms with Crippen LogP contribution in [-0.2, 0) is 19.2 Å². The fraction of sp³-hybridized carbons (Fsp3) is 0.512. The number of hydrogen-bond donors (Lipinski definition) is 4. The zero-order valence-corrected chi connectivity index (χ0v) is 35.1. The third-order valence-corrected chi connectivity index (χ3v) is 12.5. The van der Waals surface area contributed by atoms with E-state index in [1.54, 1.807) is 46.1 Å². The summed E-state index contributed by atoms with van der Waals surface area (Å²) in [6.45, 7) is 7.14. The zero-order valence-electron chi connectivity index (χ0n) is 35.1. The van der Waals surface area contributed by atoms with E-state index in [2.05, 4.69) is 20.9 Å². The van der Waals surface area contributed by atoms with Crippen molar-refractivity contribution in [1.82, 2.24) is 25.5 Å². The highest BCUT2D eigenvalue weighted by molar-refractivity contribution is 6.04. The lowest BCUT2D eigenvalue weighted by molar-refractivity contribution is -0.137. The molecule has 1 aromatic heterocycles. The van der Waals surface area contributed by atoms with Crippen molar-refractivity contribution in [3.63, 3.8) is 0 Å². The molecule has 0 radical (unpaired) electrons. The summed E-state index contributed by atoms with van der Waals surface area (Å²) < 4.78 is 36.2. The number of amides is 5. The molecule has 4 N–H and O–H groups in total. The Labute approximate surface area is 353 Å². The first-order valence-corrected chi connectivity index (χ1v) is 20.8. The number of benzene rings is 2. The molecule has 18 heteroatoms. The molecule has 326 valence electrons. The van der Waals surface area contributed by atoms with Gasteiger partial charge in [0.15, 0.2) is 5.82 Å². The van der Waals surface area contributed by atoms with Crippen LogP contribution in [0.25, 0.3) is 0 Å². The van der Waals surface area contributed by atoms with Gasteiger partial charge in [0.05, 0.1) is 30.8 Å². The summed E-state index contributed by atoms with van der Waals surface area (Å²) in [7, 11) is 3.21. The highest BCUT2D eigenvalue weighted by atomic mass is 19.1. The second kappa shape index (κ2) is 17.6. The van der Waals surface area contributed by atoms with Crippen molar-refractivity contribution in [1.29, 1.82) is 0 Å². The van der Waals surface area contributed by atoms with Gasteiger partial charge in [-0.05, 0) is 82.7 Å². The molecule has 3 saturated heterocycles. The minimum absolute atomic E-state index is 0.00421. The first-order valence-electron chi connectivity index (χ1n) is 20.8. The van der Waals surface area contributed by atoms with Crippen molar-refractivity contribution >= 4 is 58.4 Å². The minimum atomic E-state index is -1.10. The van der Waals surface area contributed by atoms with Crippen molar-refractivity contribution in [3.05, 3.63) is 59.3 Å². The van der Waals surface area contributed by atoms with Gasteiger partial charge in [0.2, 0.25) is 29.6 Å². The fourth-order valence-electron chi connectivity index (χ4n) is 9.12. The van der Waals surface area contributed by atoms with Gasteiger partial charge in [0.1, 0.15) is 29.1 Å². The number of ether oxygens (including phenoxy) is 1. The lowest BCUT2D eigenvalue weighted by Crippen LogP contribution is -2.57. The second-order valence-electron chi connectivity index (χ2n) is 16.6. The van der Waals surface area contributed by atoms with Crippen molar-refractivity contribution in [3.8, 4) is 5.75 Å². The molecule has 4 aliphatic heterocycles. The summed E-state index contributed by atoms with van der Waals surface area (Å²) in [4.78, 5) is 80.8. The molecule has 3 aromatic rings. The van der Waals surface area contributed by atoms with Crippen LogP contribution in [0, 0.1) is 17.6 Å². The summed E-state index contributed by atoms with van der Waals surface area (Å²) in [5.41, 5.74) is 0.572. The number of likely N-dealkylation sites (tertiary alicyclic amines) is 1. The minimum Gasteiger partial charge on any atom is -0.495 e. The maximum Gasteiger partial charge on any atom is 0.251 e. The number of likely N-dealkylation sites (N-methyl/N-ethyl adjacent to an activating group) is 1. The van der Waals surface area contributed by atoms with Gasteiger partial charge in [-0.1, -0.05) is 6.92 Å². The summed E-state index contributed by atoms with van der Waals surface area (Å²) in [5, 5.41) is 18.5. The van der Waals surface area contributed by atoms with E-state index >= 15 is 8.78 Å². The van der Waals surface area contributed by atoms with Gasteiger partial charge in [0, 0.05) is 74.6 Å². The number of piperidine rings is 2. The van der Waals surface area contributed by atoms with Gasteiger partial charge in [-0.3, -0.25) is 29.3 Å². The Morgan fingerprint density at radius 1 is 1.07 bits per heavy atom. The number of aliphatic hydroxyl groups excluding tert-OH is 1. The Bertz CT molecular complexity index is 2190. The van der Waals surface area contributed by atoms with E-state index in [9.17, 15) is 29.1 Å². The van der Waals surface area contributed by atoms with E-state index in [1.165, 1.54) is 19.2 Å². The fourth-order valence-corrected chi connectivity index (χ4v) is 9.12. The van der Waals surface area contributed by atoms with Crippen molar-refractivity contribution in [2.45, 2.75) is 89.3 Å². The quantitative estimate of drug-likeness (QED) is 0.192. The van der Waals surface area contributed by atoms with E-state index in [4.69, 9.17) is 9.72 Å². The predicted octanol–water partition coefficient (Wildman–Crippen LogP) is 4.00. The summed E-state index contributed by atoms with van der Waals surface area (Å²) in [6, 6.07) is 6.95. The monoisotopic (exact) mass is 845 g/mol. The number of fused-ring (bicyclic) bond motifs is 1. The second-order valence-corrected chi connectivity index (χ2v) is 16.6. The molecule has 1 unspecified atom stereocenters. The Morgan fingerprint density at radius 3 is 2.43 bits per heavy atom. The molecule has 5 heterocycles. The van der Waals surface area contributed by atoms with Gasteiger partial charge in [-0.2, -0.15) is 4.98 Å². The number of carbonyl (C=O) groups is 5. The number of hydrogen-bond acceptors (Lipinski definition) is 12. The molecule has 3 atom stereocenters. The number of aliphatic hydroxyl groups is 1. The highest BCUT2D eigenvalue weighted by Gasteiger charge is 2.41. The van der Waals surface area contributed by atoms with Crippen LogP contribution in [0.3, 0.4) is 0 Å². The number of anilines is 5. The number of nitrogens with zero attached hydrogens (tertiary/aromatic N) is 6. The van der Waals surface area contributed by atoms with Crippen molar-refractivity contribution in [2.75, 3.05) is 67.0 Å². The number of methoxy groups -OCH3 is 1. The third kappa shape index (κ3) is 8.54. The van der Waals surface area contributed by atoms with Crippen LogP contribution >= 0.6 is 0 Å². The largest absolute Gasteiger partial charge is 0.495 e. The number of rotatable bonds is 12. The van der Waals surface area contributed by atoms with Crippen LogP contribution in [-0.4, -0.2) is 114 Å². The first-order chi connectivity index (χ1) is 29.2. The topological polar surface area (TPSA) is 190 Å². The van der Waals surface area contributed by atoms with E-state index < -0.39 is 40.8 Å². The summed E-state index contributed by atoms with van der Waals surface area (Å²) in [5.74, 6) is -3.66. The van der Waals surface area contributed by atoms with Crippen molar-refractivity contribution in [2.24, 2.45) is 5.92 Å². The normalized spacial score (nSPS) is 21.4. The van der Waals surface area contributed by atoms with Crippen LogP contribution < -0.4 is 35.4 Å². The molecule has 7 rings (SSSR count). The number of imide groups is 1. The van der Waals surface area contributed by atoms with E-state index in [0.717, 1.165) is 0 Å². The molecule has 16 nitrogen and oxygen atoms in total. The van der Waals surface area contributed by atoms with Gasteiger partial charge in [0.25, 0.3) is 5.91 Å². The molecule has 0 aliphatic carbocycles. The van der Waals surface area contributed by atoms with Crippen LogP contribution in [0.5, 0.6) is 5.75 Å². The van der Waals surface area contributed by atoms with Gasteiger partial charge in [-0.15, -0.1) is 0 Å². The Hall–Kier alpha value is -5.91. The molecule has 0 saturated carbocycles. The highest BCUT2D eigenvalue weighted by Crippen LogP contribution is 2.38. The van der Waals surface area contributed by atoms with Crippen LogP contribution in [0.4, 0.5) is 37.6 Å². The molecule has 0 bridgehead atoms. The Kier molecular flexibility index (Phi) is 12.5. The molecule has 3 fully saturated rings. The molecule has 5 amide bonds. The maximum atomic E-state index is 15.3. The maximum absolute atomic E-state index is 15.3. The number of halogens is 2. The average Bonchev–Trinajstić information content (AvgIpc) is 3.73. The number of nitrogens with one attached hydrogen (secondary N) is 3. The van der Waals surface area contributed by atoms with E-state index in [0.29, 0.717) is 73.8 Å². The van der Waals surface area contributed by atoms with Crippen LogP contribution in [0.15, 0.2) is 36.5 Å². The van der Waals surface area contributed by atoms with Gasteiger partial charge < -0.3 is 40.1 Å². The molecule has 61 heavy (non-hydrogen) atoms. The Morgan fingerprint density at radius 2 is 1.79 bits per heavy atom. The Balaban J connectivity index is 0.977. The summed E-state index contributed by atoms with van der Waals surface area (Å²) >= 11 is 0. The van der Waals surface area contributed by atoms with Crippen molar-refractivity contribution < 1.29 is 42.6 Å². The third-order valence-electron chi connectivity index (χ3n) is 12.5. The van der Waals surface area contributed by atoms with Crippen LogP contribution in [0.2, 0.25) is 0 Å². The van der Waals surface area contributed by atoms with E-state index in [-0.39, 0.29) is 79.4 Å². The van der Waals surface area contributed by atoms with E-state index in [1.807, 2.05) is 25.7 Å². The lowest BCUT2D eigenvalue weighted by Gasteiger charge is -2.43. The number of carbonyl (C=O) groups excluding carboxylic acids is 5. The average molecular weight is 846 g/mol. The summed E-state index contributed by atoms with van der Waals surface area (Å²) in [6.07, 6.45) is 3.80. The number of aromatic nitrogens is 2. The van der Waals surface area contributed by atoms with Gasteiger partial charge in [-0.25, -0.2) is 13.8 Å². The standard InChI is InChI=1S/C43H53F2N9O7/c1-6-32-41(60)51(4)33-22-46-42(49-37(33)54(32)24(2)3)47-31-9-7-25(19-34(31)61-5)38(57)50-43(14-18-55)12-16-52(17-13-43)40(59)26-11-15-53(23-26)27-20-29(44)36(30(45)21-27)28-8-10-35(56)48-39(28)58/h7,9,19-22,24,26,28,32,55H,6,8,10-18,23H2,1-5H3,(H,50,57)(H,46,47,49)(H,48,56,58)/t26-,28?,32+/m0/s1. The zero-order chi connectivity index (χ0) is 43.7. The smallest absolute Gasteiger partial charge is 0.251 e. The SMILES string of the molecule is CC[C@@H]1C(=O)N(C)c2cnc(Nc3ccc(C(=O)NC4(CCO)CCN(C(=O)[C@H]5CCN(c6cc(F)c(C7CCC(=O)NC7=O)c(F)c6)C5)CC4)cc3OC)nc2N1C(C)C. The molecular weight excluding hydrogens is 793 g/mol. The lowest BCUT2D eigenvalue weighted by atomic mass is 9.83. The van der Waals surface area contributed by atoms with Crippen LogP contribution in [0.1, 0.15) is 87.6 Å². The molecule has 2 aromatic carbocycles.